The van der Waals surface area contributed by atoms with E-state index < -0.39 is 17.7 Å². The van der Waals surface area contributed by atoms with E-state index in [1.807, 2.05) is 6.92 Å². The fourth-order valence-corrected chi connectivity index (χ4v) is 4.50. The fraction of sp³-hybridized carbons (Fsp3) is 0.391. The van der Waals surface area contributed by atoms with Gasteiger partial charge in [-0.05, 0) is 13.0 Å². The molecule has 13 heteroatoms. The highest BCUT2D eigenvalue weighted by Gasteiger charge is 2.36. The number of likely N-dealkylation sites (tertiary alicyclic amines) is 1. The average molecular weight is 520 g/mol. The van der Waals surface area contributed by atoms with Crippen molar-refractivity contribution in [3.63, 3.8) is 0 Å². The summed E-state index contributed by atoms with van der Waals surface area (Å²) in [6, 6.07) is 2.98. The summed E-state index contributed by atoms with van der Waals surface area (Å²) in [5.74, 6) is -1.59. The topological polar surface area (TPSA) is 120 Å². The van der Waals surface area contributed by atoms with Crippen molar-refractivity contribution in [1.29, 1.82) is 5.53 Å². The van der Waals surface area contributed by atoms with Gasteiger partial charge in [-0.3, -0.25) is 9.88 Å². The third kappa shape index (κ3) is 4.76. The number of pyridine rings is 2. The summed E-state index contributed by atoms with van der Waals surface area (Å²) >= 11 is 6.29. The highest BCUT2D eigenvalue weighted by Crippen LogP contribution is 2.32. The molecule has 0 radical (unpaired) electrons. The number of hydrogen-bond donors (Lipinski definition) is 3. The minimum atomic E-state index is -1.46. The predicted octanol–water partition coefficient (Wildman–Crippen LogP) is 3.17. The lowest BCUT2D eigenvalue weighted by molar-refractivity contribution is -0.0922. The van der Waals surface area contributed by atoms with E-state index in [-0.39, 0.29) is 24.1 Å². The molecule has 0 spiro atoms. The first-order chi connectivity index (χ1) is 17.3. The molecule has 36 heavy (non-hydrogen) atoms. The van der Waals surface area contributed by atoms with Crippen molar-refractivity contribution in [2.45, 2.75) is 25.1 Å². The Morgan fingerprint density at radius 3 is 2.81 bits per heavy atom. The third-order valence-electron chi connectivity index (χ3n) is 6.29. The molecule has 0 aliphatic carbocycles. The SMILES string of the molecule is C/C(NC1CN(C2COC2)C1)=C(/N=N)c1cc(OC[C@H](O)c2ncc(F)cc2F)c2c(Cl)cnn2c1. The molecule has 0 unspecified atom stereocenters. The van der Waals surface area contributed by atoms with Crippen LogP contribution >= 0.6 is 11.6 Å². The maximum absolute atomic E-state index is 14.0. The summed E-state index contributed by atoms with van der Waals surface area (Å²) in [6.07, 6.45) is 2.46. The number of rotatable bonds is 9. The molecule has 0 bridgehead atoms. The van der Waals surface area contributed by atoms with E-state index in [4.69, 9.17) is 26.6 Å². The second-order valence-electron chi connectivity index (χ2n) is 8.80. The van der Waals surface area contributed by atoms with Gasteiger partial charge in [-0.15, -0.1) is 0 Å². The zero-order valence-electron chi connectivity index (χ0n) is 19.3. The number of nitrogens with zero attached hydrogens (tertiary/aromatic N) is 5. The number of hydrogen-bond acceptors (Lipinski definition) is 9. The van der Waals surface area contributed by atoms with Crippen LogP contribution in [-0.2, 0) is 4.74 Å². The quantitative estimate of drug-likeness (QED) is 0.371. The third-order valence-corrected chi connectivity index (χ3v) is 6.57. The van der Waals surface area contributed by atoms with Gasteiger partial charge in [-0.2, -0.15) is 10.2 Å². The van der Waals surface area contributed by atoms with Crippen LogP contribution in [0.25, 0.3) is 11.2 Å². The molecule has 190 valence electrons. The Hall–Kier alpha value is -3.19. The van der Waals surface area contributed by atoms with Crippen molar-refractivity contribution in [3.05, 3.63) is 64.3 Å². The van der Waals surface area contributed by atoms with Gasteiger partial charge >= 0.3 is 0 Å². The van der Waals surface area contributed by atoms with Crippen LogP contribution in [0.3, 0.4) is 0 Å². The number of halogens is 3. The highest BCUT2D eigenvalue weighted by molar-refractivity contribution is 6.34. The summed E-state index contributed by atoms with van der Waals surface area (Å²) in [5.41, 5.74) is 9.49. The maximum atomic E-state index is 14.0. The highest BCUT2D eigenvalue weighted by atomic mass is 35.5. The van der Waals surface area contributed by atoms with Crippen LogP contribution in [0.15, 0.2) is 41.5 Å². The lowest BCUT2D eigenvalue weighted by Crippen LogP contribution is -2.65. The van der Waals surface area contributed by atoms with Crippen LogP contribution in [0.1, 0.15) is 24.3 Å². The van der Waals surface area contributed by atoms with Gasteiger partial charge in [0.1, 0.15) is 47.0 Å². The molecule has 3 N–H and O–H groups in total. The summed E-state index contributed by atoms with van der Waals surface area (Å²) in [5, 5.41) is 22.1. The summed E-state index contributed by atoms with van der Waals surface area (Å²) in [7, 11) is 0. The molecular weight excluding hydrogens is 496 g/mol. The van der Waals surface area contributed by atoms with E-state index in [0.717, 1.165) is 32.5 Å². The predicted molar refractivity (Wildman–Crippen MR) is 126 cm³/mol. The van der Waals surface area contributed by atoms with Crippen molar-refractivity contribution in [2.75, 3.05) is 32.9 Å². The van der Waals surface area contributed by atoms with Gasteiger partial charge in [0.2, 0.25) is 0 Å². The monoisotopic (exact) mass is 519 g/mol. The Kier molecular flexibility index (Phi) is 6.84. The Morgan fingerprint density at radius 2 is 2.14 bits per heavy atom. The summed E-state index contributed by atoms with van der Waals surface area (Å²) in [6.45, 7) is 4.75. The molecule has 2 aliphatic rings. The van der Waals surface area contributed by atoms with E-state index in [2.05, 4.69) is 25.4 Å². The second kappa shape index (κ2) is 10.1. The van der Waals surface area contributed by atoms with Crippen molar-refractivity contribution >= 4 is 22.8 Å². The molecule has 2 saturated heterocycles. The Morgan fingerprint density at radius 1 is 1.36 bits per heavy atom. The van der Waals surface area contributed by atoms with Gasteiger partial charge in [-0.25, -0.2) is 18.8 Å². The summed E-state index contributed by atoms with van der Waals surface area (Å²) in [4.78, 5) is 5.97. The van der Waals surface area contributed by atoms with Crippen LogP contribution in [-0.4, -0.2) is 69.6 Å². The first-order valence-corrected chi connectivity index (χ1v) is 11.7. The zero-order chi connectivity index (χ0) is 25.4. The van der Waals surface area contributed by atoms with Gasteiger partial charge in [0.25, 0.3) is 0 Å². The standard InChI is InChI=1S/C23H24ClF2N7O3/c1-12(30-15-7-32(8-15)16-9-35-10-16)21(31-27)13-2-20(23-17(24)5-29-33(23)6-13)36-11-19(34)22-18(26)3-14(25)4-28-22/h2-6,15-16,19,27,30,34H,7-11H2,1H3/b21-12-,31-27?/t19-/m0/s1. The largest absolute Gasteiger partial charge is 0.488 e. The van der Waals surface area contributed by atoms with E-state index in [1.54, 1.807) is 12.3 Å². The minimum absolute atomic E-state index is 0.231. The molecule has 3 aromatic rings. The van der Waals surface area contributed by atoms with Crippen LogP contribution in [0, 0.1) is 17.2 Å². The van der Waals surface area contributed by atoms with Gasteiger partial charge in [0, 0.05) is 36.6 Å². The van der Waals surface area contributed by atoms with Crippen LogP contribution < -0.4 is 10.1 Å². The van der Waals surface area contributed by atoms with E-state index in [1.165, 1.54) is 10.7 Å². The molecule has 2 aliphatic heterocycles. The normalized spacial score (nSPS) is 18.4. The van der Waals surface area contributed by atoms with E-state index in [0.29, 0.717) is 39.6 Å². The Balaban J connectivity index is 1.37. The number of aromatic nitrogens is 3. The molecule has 10 nitrogen and oxygen atoms in total. The van der Waals surface area contributed by atoms with Crippen LogP contribution in [0.4, 0.5) is 8.78 Å². The van der Waals surface area contributed by atoms with Crippen molar-refractivity contribution in [2.24, 2.45) is 5.11 Å². The number of allylic oxidation sites excluding steroid dienone is 1. The lowest BCUT2D eigenvalue weighted by atomic mass is 10.0. The number of aliphatic hydroxyl groups is 1. The number of nitrogens with one attached hydrogen (secondary N) is 2. The number of fused-ring (bicyclic) bond motifs is 1. The molecular formula is C23H24ClF2N7O3. The second-order valence-corrected chi connectivity index (χ2v) is 9.21. The van der Waals surface area contributed by atoms with Crippen molar-refractivity contribution < 1.29 is 23.4 Å². The molecule has 0 amide bonds. The Labute approximate surface area is 210 Å². The Bertz CT molecular complexity index is 1320. The molecule has 1 atom stereocenters. The molecule has 5 heterocycles. The van der Waals surface area contributed by atoms with Gasteiger partial charge in [-0.1, -0.05) is 11.6 Å². The van der Waals surface area contributed by atoms with Gasteiger partial charge in [0.05, 0.1) is 42.7 Å². The van der Waals surface area contributed by atoms with Crippen LogP contribution in [0.2, 0.25) is 5.02 Å². The maximum Gasteiger partial charge on any atom is 0.150 e. The molecule has 0 saturated carbocycles. The lowest BCUT2D eigenvalue weighted by Gasteiger charge is -2.47. The zero-order valence-corrected chi connectivity index (χ0v) is 20.0. The minimum Gasteiger partial charge on any atom is -0.488 e. The van der Waals surface area contributed by atoms with Crippen LogP contribution in [0.5, 0.6) is 5.75 Å². The molecule has 3 aromatic heterocycles. The van der Waals surface area contributed by atoms with E-state index >= 15 is 0 Å². The summed E-state index contributed by atoms with van der Waals surface area (Å²) < 4.78 is 39.7. The molecule has 0 aromatic carbocycles. The average Bonchev–Trinajstić information content (AvgIpc) is 3.16. The van der Waals surface area contributed by atoms with Crippen molar-refractivity contribution in [3.8, 4) is 5.75 Å². The fourth-order valence-electron chi connectivity index (χ4n) is 4.28. The molecule has 5 rings (SSSR count). The number of ether oxygens (including phenoxy) is 2. The first-order valence-electron chi connectivity index (χ1n) is 11.3. The van der Waals surface area contributed by atoms with Crippen molar-refractivity contribution in [1.82, 2.24) is 24.8 Å². The smallest absolute Gasteiger partial charge is 0.150 e. The molecule has 2 fully saturated rings. The van der Waals surface area contributed by atoms with E-state index in [9.17, 15) is 13.9 Å². The van der Waals surface area contributed by atoms with Gasteiger partial charge < -0.3 is 19.9 Å². The number of aliphatic hydroxyl groups excluding tert-OH is 1. The first kappa shape index (κ1) is 24.5. The van der Waals surface area contributed by atoms with Gasteiger partial charge in [0.15, 0.2) is 0 Å².